The van der Waals surface area contributed by atoms with Gasteiger partial charge in [-0.3, -0.25) is 0 Å². The highest BCUT2D eigenvalue weighted by Crippen LogP contribution is 2.28. The van der Waals surface area contributed by atoms with E-state index in [1.165, 1.54) is 30.2 Å². The van der Waals surface area contributed by atoms with Gasteiger partial charge in [0.2, 0.25) is 0 Å². The molecule has 0 amide bonds. The van der Waals surface area contributed by atoms with Crippen LogP contribution in [0.3, 0.4) is 0 Å². The van der Waals surface area contributed by atoms with Crippen molar-refractivity contribution in [2.45, 2.75) is 12.5 Å². The summed E-state index contributed by atoms with van der Waals surface area (Å²) in [6.07, 6.45) is 1.10. The molecule has 106 valence electrons. The van der Waals surface area contributed by atoms with Gasteiger partial charge in [-0.15, -0.1) is 0 Å². The van der Waals surface area contributed by atoms with Crippen molar-refractivity contribution in [2.24, 2.45) is 0 Å². The smallest absolute Gasteiger partial charge is 0.0465 e. The summed E-state index contributed by atoms with van der Waals surface area (Å²) in [5, 5.41) is 4.22. The highest BCUT2D eigenvalue weighted by molar-refractivity contribution is 9.10. The highest BCUT2D eigenvalue weighted by Gasteiger charge is 2.16. The minimum atomic E-state index is 0.329. The van der Waals surface area contributed by atoms with Gasteiger partial charge in [0.15, 0.2) is 0 Å². The van der Waals surface area contributed by atoms with Gasteiger partial charge in [-0.1, -0.05) is 33.6 Å². The number of nitrogens with one attached hydrogen (secondary N) is 1. The van der Waals surface area contributed by atoms with Gasteiger partial charge in [-0.2, -0.15) is 11.8 Å². The second-order valence-corrected chi connectivity index (χ2v) is 7.30. The molecule has 1 aliphatic rings. The Labute approximate surface area is 133 Å². The molecule has 1 heterocycles. The fourth-order valence-electron chi connectivity index (χ4n) is 2.38. The first-order valence-electron chi connectivity index (χ1n) is 6.63. The molecule has 0 radical (unpaired) electrons. The van der Waals surface area contributed by atoms with Gasteiger partial charge in [0.25, 0.3) is 0 Å². The SMILES string of the molecule is CNC(CCN1CCSCC1)c1ccc(Br)cc1Cl. The largest absolute Gasteiger partial charge is 0.313 e. The lowest BCUT2D eigenvalue weighted by Gasteiger charge is -2.28. The zero-order valence-electron chi connectivity index (χ0n) is 11.2. The van der Waals surface area contributed by atoms with Crippen LogP contribution in [0.2, 0.25) is 5.02 Å². The van der Waals surface area contributed by atoms with E-state index in [-0.39, 0.29) is 0 Å². The second-order valence-electron chi connectivity index (χ2n) is 4.75. The molecule has 1 aromatic rings. The molecule has 0 bridgehead atoms. The third kappa shape index (κ3) is 4.64. The van der Waals surface area contributed by atoms with Crippen LogP contribution in [0.25, 0.3) is 0 Å². The molecule has 0 saturated carbocycles. The van der Waals surface area contributed by atoms with Crippen molar-refractivity contribution in [1.29, 1.82) is 0 Å². The molecule has 5 heteroatoms. The topological polar surface area (TPSA) is 15.3 Å². The molecule has 1 fully saturated rings. The Bertz CT molecular complexity index is 410. The summed E-state index contributed by atoms with van der Waals surface area (Å²) in [4.78, 5) is 2.55. The van der Waals surface area contributed by atoms with Crippen molar-refractivity contribution in [1.82, 2.24) is 10.2 Å². The van der Waals surface area contributed by atoms with Crippen LogP contribution < -0.4 is 5.32 Å². The quantitative estimate of drug-likeness (QED) is 0.856. The molecule has 2 nitrogen and oxygen atoms in total. The van der Waals surface area contributed by atoms with Crippen molar-refractivity contribution in [3.63, 3.8) is 0 Å². The lowest BCUT2D eigenvalue weighted by molar-refractivity contribution is 0.283. The summed E-state index contributed by atoms with van der Waals surface area (Å²) in [5.74, 6) is 2.53. The highest BCUT2D eigenvalue weighted by atomic mass is 79.9. The van der Waals surface area contributed by atoms with E-state index in [4.69, 9.17) is 11.6 Å². The van der Waals surface area contributed by atoms with Crippen LogP contribution >= 0.6 is 39.3 Å². The molecule has 1 aromatic carbocycles. The van der Waals surface area contributed by atoms with Crippen molar-refractivity contribution in [3.05, 3.63) is 33.3 Å². The van der Waals surface area contributed by atoms with Crippen molar-refractivity contribution < 1.29 is 0 Å². The number of benzene rings is 1. The first kappa shape index (κ1) is 15.6. The number of hydrogen-bond donors (Lipinski definition) is 1. The molecule has 0 spiro atoms. The lowest BCUT2D eigenvalue weighted by Crippen LogP contribution is -2.35. The maximum absolute atomic E-state index is 6.34. The Morgan fingerprint density at radius 3 is 2.79 bits per heavy atom. The predicted octanol–water partition coefficient (Wildman–Crippen LogP) is 3.80. The zero-order chi connectivity index (χ0) is 13.7. The number of rotatable bonds is 5. The monoisotopic (exact) mass is 362 g/mol. The van der Waals surface area contributed by atoms with E-state index in [9.17, 15) is 0 Å². The normalized spacial score (nSPS) is 18.5. The Balaban J connectivity index is 1.95. The summed E-state index contributed by atoms with van der Waals surface area (Å²) in [6, 6.07) is 6.47. The molecule has 1 unspecified atom stereocenters. The second kappa shape index (κ2) is 7.89. The van der Waals surface area contributed by atoms with Gasteiger partial charge in [0, 0.05) is 46.7 Å². The van der Waals surface area contributed by atoms with Gasteiger partial charge < -0.3 is 10.2 Å². The molecule has 1 aliphatic heterocycles. The number of nitrogens with zero attached hydrogens (tertiary/aromatic N) is 1. The first-order chi connectivity index (χ1) is 9.20. The Morgan fingerprint density at radius 1 is 1.42 bits per heavy atom. The Morgan fingerprint density at radius 2 is 2.16 bits per heavy atom. The zero-order valence-corrected chi connectivity index (χ0v) is 14.3. The third-order valence-electron chi connectivity index (χ3n) is 3.52. The van der Waals surface area contributed by atoms with Crippen molar-refractivity contribution in [2.75, 3.05) is 38.2 Å². The summed E-state index contributed by atoms with van der Waals surface area (Å²) in [7, 11) is 2.01. The number of thioether (sulfide) groups is 1. The minimum Gasteiger partial charge on any atom is -0.313 e. The summed E-state index contributed by atoms with van der Waals surface area (Å²) in [6.45, 7) is 3.57. The van der Waals surface area contributed by atoms with Crippen LogP contribution in [0.5, 0.6) is 0 Å². The van der Waals surface area contributed by atoms with Gasteiger partial charge in [-0.05, 0) is 31.2 Å². The molecule has 0 aliphatic carbocycles. The maximum Gasteiger partial charge on any atom is 0.0465 e. The lowest BCUT2D eigenvalue weighted by atomic mass is 10.0. The fourth-order valence-corrected chi connectivity index (χ4v) is 4.16. The minimum absolute atomic E-state index is 0.329. The van der Waals surface area contributed by atoms with Crippen LogP contribution in [-0.2, 0) is 0 Å². The molecule has 1 N–H and O–H groups in total. The van der Waals surface area contributed by atoms with Crippen LogP contribution in [0.15, 0.2) is 22.7 Å². The van der Waals surface area contributed by atoms with Gasteiger partial charge >= 0.3 is 0 Å². The van der Waals surface area contributed by atoms with Gasteiger partial charge in [0.05, 0.1) is 0 Å². The van der Waals surface area contributed by atoms with E-state index in [0.29, 0.717) is 6.04 Å². The average Bonchev–Trinajstić information content (AvgIpc) is 2.42. The summed E-state index contributed by atoms with van der Waals surface area (Å²) < 4.78 is 1.03. The Kier molecular flexibility index (Phi) is 6.50. The number of hydrogen-bond acceptors (Lipinski definition) is 3. The van der Waals surface area contributed by atoms with Crippen LogP contribution in [-0.4, -0.2) is 43.1 Å². The summed E-state index contributed by atoms with van der Waals surface area (Å²) in [5.41, 5.74) is 1.19. The molecule has 0 aromatic heterocycles. The van der Waals surface area contributed by atoms with Crippen molar-refractivity contribution in [3.8, 4) is 0 Å². The average molecular weight is 364 g/mol. The van der Waals surface area contributed by atoms with E-state index in [0.717, 1.165) is 22.5 Å². The van der Waals surface area contributed by atoms with Crippen LogP contribution in [0.4, 0.5) is 0 Å². The van der Waals surface area contributed by atoms with Crippen LogP contribution in [0, 0.1) is 0 Å². The number of halogens is 2. The fraction of sp³-hybridized carbons (Fsp3) is 0.571. The first-order valence-corrected chi connectivity index (χ1v) is 8.95. The molecular formula is C14H20BrClN2S. The van der Waals surface area contributed by atoms with E-state index in [1.54, 1.807) is 0 Å². The van der Waals surface area contributed by atoms with Crippen LogP contribution in [0.1, 0.15) is 18.0 Å². The van der Waals surface area contributed by atoms with Gasteiger partial charge in [0.1, 0.15) is 0 Å². The van der Waals surface area contributed by atoms with E-state index in [1.807, 2.05) is 13.1 Å². The molecule has 1 atom stereocenters. The maximum atomic E-state index is 6.34. The molecule has 1 saturated heterocycles. The van der Waals surface area contributed by atoms with E-state index in [2.05, 4.69) is 50.0 Å². The van der Waals surface area contributed by atoms with Gasteiger partial charge in [-0.25, -0.2) is 0 Å². The molecule has 19 heavy (non-hydrogen) atoms. The third-order valence-corrected chi connectivity index (χ3v) is 5.29. The van der Waals surface area contributed by atoms with E-state index < -0.39 is 0 Å². The van der Waals surface area contributed by atoms with Crippen molar-refractivity contribution >= 4 is 39.3 Å². The van der Waals surface area contributed by atoms with E-state index >= 15 is 0 Å². The summed E-state index contributed by atoms with van der Waals surface area (Å²) >= 11 is 11.8. The Hall–Kier alpha value is 0.260. The predicted molar refractivity (Wildman–Crippen MR) is 89.3 cm³/mol. The molecule has 2 rings (SSSR count). The standard InChI is InChI=1S/C14H20BrClN2S/c1-17-14(4-5-18-6-8-19-9-7-18)12-3-2-11(15)10-13(12)16/h2-3,10,14,17H,4-9H2,1H3. The molecular weight excluding hydrogens is 344 g/mol.